The molecule has 14 heavy (non-hydrogen) atoms. The van der Waals surface area contributed by atoms with Crippen LogP contribution in [0.2, 0.25) is 0 Å². The number of anilines is 1. The van der Waals surface area contributed by atoms with Crippen molar-refractivity contribution < 1.29 is 4.79 Å². The van der Waals surface area contributed by atoms with Crippen molar-refractivity contribution in [2.45, 2.75) is 32.2 Å². The summed E-state index contributed by atoms with van der Waals surface area (Å²) in [4.78, 5) is 11.4. The van der Waals surface area contributed by atoms with Crippen LogP contribution in [0, 0.1) is 0 Å². The summed E-state index contributed by atoms with van der Waals surface area (Å²) in [5.74, 6) is -0.153. The Balaban J connectivity index is 2.34. The lowest BCUT2D eigenvalue weighted by Gasteiger charge is -2.09. The van der Waals surface area contributed by atoms with Crippen molar-refractivity contribution in [3.8, 4) is 0 Å². The van der Waals surface area contributed by atoms with Crippen LogP contribution in [-0.2, 0) is 4.79 Å². The molecule has 5 nitrogen and oxygen atoms in total. The van der Waals surface area contributed by atoms with Gasteiger partial charge in [-0.05, 0) is 6.42 Å². The zero-order valence-electron chi connectivity index (χ0n) is 8.29. The van der Waals surface area contributed by atoms with Gasteiger partial charge < -0.3 is 11.1 Å². The number of aromatic amines is 1. The molecule has 0 saturated heterocycles. The number of aromatic nitrogens is 2. The van der Waals surface area contributed by atoms with Gasteiger partial charge in [-0.3, -0.25) is 9.89 Å². The van der Waals surface area contributed by atoms with Gasteiger partial charge in [0, 0.05) is 6.20 Å². The molecular weight excluding hydrogens is 180 g/mol. The molecule has 1 amide bonds. The Bertz CT molecular complexity index is 270. The number of unbranched alkanes of at least 4 members (excludes halogenated alkanes) is 1. The van der Waals surface area contributed by atoms with Crippen LogP contribution in [0.1, 0.15) is 26.2 Å². The smallest absolute Gasteiger partial charge is 0.241 e. The zero-order chi connectivity index (χ0) is 10.4. The van der Waals surface area contributed by atoms with E-state index in [1.165, 1.54) is 0 Å². The Morgan fingerprint density at radius 3 is 3.14 bits per heavy atom. The standard InChI is InChI=1S/C9H16N4O/c1-2-3-4-8(10)9(14)13-7-5-11-12-6-7/h5-6,8H,2-4,10H2,1H3,(H,11,12)(H,13,14). The van der Waals surface area contributed by atoms with Crippen LogP contribution in [0.4, 0.5) is 5.69 Å². The van der Waals surface area contributed by atoms with E-state index in [-0.39, 0.29) is 5.91 Å². The molecule has 78 valence electrons. The number of nitrogens with one attached hydrogen (secondary N) is 2. The topological polar surface area (TPSA) is 83.8 Å². The van der Waals surface area contributed by atoms with Crippen molar-refractivity contribution in [1.82, 2.24) is 10.2 Å². The summed E-state index contributed by atoms with van der Waals surface area (Å²) in [6.07, 6.45) is 5.90. The van der Waals surface area contributed by atoms with Crippen LogP contribution >= 0.6 is 0 Å². The number of carbonyl (C=O) groups excluding carboxylic acids is 1. The van der Waals surface area contributed by atoms with Crippen LogP contribution in [0.3, 0.4) is 0 Å². The molecule has 0 aliphatic carbocycles. The van der Waals surface area contributed by atoms with Crippen LogP contribution in [0.25, 0.3) is 0 Å². The van der Waals surface area contributed by atoms with Gasteiger partial charge in [-0.25, -0.2) is 0 Å². The van der Waals surface area contributed by atoms with Crippen molar-refractivity contribution >= 4 is 11.6 Å². The number of hydrogen-bond donors (Lipinski definition) is 3. The van der Waals surface area contributed by atoms with Gasteiger partial charge in [-0.2, -0.15) is 5.10 Å². The van der Waals surface area contributed by atoms with Crippen LogP contribution in [0.5, 0.6) is 0 Å². The second-order valence-corrected chi connectivity index (χ2v) is 3.22. The molecule has 1 unspecified atom stereocenters. The predicted molar refractivity (Wildman–Crippen MR) is 54.7 cm³/mol. The summed E-state index contributed by atoms with van der Waals surface area (Å²) in [6.45, 7) is 2.07. The Morgan fingerprint density at radius 1 is 1.79 bits per heavy atom. The van der Waals surface area contributed by atoms with Gasteiger partial charge >= 0.3 is 0 Å². The minimum absolute atomic E-state index is 0.153. The van der Waals surface area contributed by atoms with Gasteiger partial charge in [0.2, 0.25) is 5.91 Å². The molecule has 0 spiro atoms. The quantitative estimate of drug-likeness (QED) is 0.653. The fourth-order valence-corrected chi connectivity index (χ4v) is 1.11. The lowest BCUT2D eigenvalue weighted by atomic mass is 10.1. The Kier molecular flexibility index (Phi) is 4.12. The third kappa shape index (κ3) is 3.18. The number of amides is 1. The third-order valence-electron chi connectivity index (χ3n) is 1.97. The maximum absolute atomic E-state index is 11.4. The Hall–Kier alpha value is -1.36. The van der Waals surface area contributed by atoms with Gasteiger partial charge in [0.25, 0.3) is 0 Å². The Morgan fingerprint density at radius 2 is 2.57 bits per heavy atom. The number of hydrogen-bond acceptors (Lipinski definition) is 3. The fraction of sp³-hybridized carbons (Fsp3) is 0.556. The van der Waals surface area contributed by atoms with E-state index in [4.69, 9.17) is 5.73 Å². The minimum atomic E-state index is -0.426. The van der Waals surface area contributed by atoms with Crippen molar-refractivity contribution in [2.24, 2.45) is 5.73 Å². The lowest BCUT2D eigenvalue weighted by molar-refractivity contribution is -0.117. The molecule has 0 saturated carbocycles. The summed E-state index contributed by atoms with van der Waals surface area (Å²) in [6, 6.07) is -0.426. The average molecular weight is 196 g/mol. The first kappa shape index (κ1) is 10.7. The first-order valence-electron chi connectivity index (χ1n) is 4.79. The largest absolute Gasteiger partial charge is 0.322 e. The molecule has 1 rings (SSSR count). The zero-order valence-corrected chi connectivity index (χ0v) is 8.29. The Labute approximate surface area is 83.1 Å². The van der Waals surface area contributed by atoms with E-state index < -0.39 is 6.04 Å². The fourth-order valence-electron chi connectivity index (χ4n) is 1.11. The van der Waals surface area contributed by atoms with E-state index >= 15 is 0 Å². The molecular formula is C9H16N4O. The number of rotatable bonds is 5. The van der Waals surface area contributed by atoms with E-state index in [0.29, 0.717) is 5.69 Å². The summed E-state index contributed by atoms with van der Waals surface area (Å²) in [7, 11) is 0. The van der Waals surface area contributed by atoms with Crippen molar-refractivity contribution in [3.05, 3.63) is 12.4 Å². The normalized spacial score (nSPS) is 12.4. The minimum Gasteiger partial charge on any atom is -0.322 e. The van der Waals surface area contributed by atoms with Crippen molar-refractivity contribution in [2.75, 3.05) is 5.32 Å². The highest BCUT2D eigenvalue weighted by molar-refractivity contribution is 5.94. The molecule has 1 heterocycles. The molecule has 4 N–H and O–H groups in total. The van der Waals surface area contributed by atoms with Crippen LogP contribution < -0.4 is 11.1 Å². The highest BCUT2D eigenvalue weighted by atomic mass is 16.2. The molecule has 0 fully saturated rings. The number of carbonyl (C=O) groups is 1. The molecule has 1 atom stereocenters. The SMILES string of the molecule is CCCCC(N)C(=O)Nc1cn[nH]c1. The van der Waals surface area contributed by atoms with Gasteiger partial charge in [0.15, 0.2) is 0 Å². The van der Waals surface area contributed by atoms with E-state index in [2.05, 4.69) is 22.4 Å². The van der Waals surface area contributed by atoms with Gasteiger partial charge in [0.05, 0.1) is 17.9 Å². The molecule has 5 heteroatoms. The molecule has 0 aliphatic heterocycles. The third-order valence-corrected chi connectivity index (χ3v) is 1.97. The van der Waals surface area contributed by atoms with E-state index in [9.17, 15) is 4.79 Å². The van der Waals surface area contributed by atoms with Gasteiger partial charge in [-0.1, -0.05) is 19.8 Å². The lowest BCUT2D eigenvalue weighted by Crippen LogP contribution is -2.35. The van der Waals surface area contributed by atoms with E-state index in [0.717, 1.165) is 19.3 Å². The monoisotopic (exact) mass is 196 g/mol. The molecule has 0 bridgehead atoms. The molecule has 1 aromatic heterocycles. The van der Waals surface area contributed by atoms with Gasteiger partial charge in [-0.15, -0.1) is 0 Å². The second kappa shape index (κ2) is 5.39. The molecule has 0 aliphatic rings. The molecule has 0 radical (unpaired) electrons. The predicted octanol–water partition coefficient (Wildman–Crippen LogP) is 0.866. The summed E-state index contributed by atoms with van der Waals surface area (Å²) >= 11 is 0. The maximum atomic E-state index is 11.4. The summed E-state index contributed by atoms with van der Waals surface area (Å²) < 4.78 is 0. The maximum Gasteiger partial charge on any atom is 0.241 e. The van der Waals surface area contributed by atoms with E-state index in [1.807, 2.05) is 0 Å². The van der Waals surface area contributed by atoms with E-state index in [1.54, 1.807) is 12.4 Å². The molecule has 0 aromatic carbocycles. The summed E-state index contributed by atoms with van der Waals surface area (Å²) in [5.41, 5.74) is 6.33. The highest BCUT2D eigenvalue weighted by Crippen LogP contribution is 2.04. The van der Waals surface area contributed by atoms with Gasteiger partial charge in [0.1, 0.15) is 0 Å². The van der Waals surface area contributed by atoms with Crippen LogP contribution in [-0.4, -0.2) is 22.1 Å². The average Bonchev–Trinajstić information content (AvgIpc) is 2.66. The first-order chi connectivity index (χ1) is 6.74. The number of nitrogens with two attached hydrogens (primary N) is 1. The number of H-pyrrole nitrogens is 1. The van der Waals surface area contributed by atoms with Crippen molar-refractivity contribution in [3.63, 3.8) is 0 Å². The first-order valence-corrected chi connectivity index (χ1v) is 4.79. The van der Waals surface area contributed by atoms with Crippen LogP contribution in [0.15, 0.2) is 12.4 Å². The van der Waals surface area contributed by atoms with Crippen molar-refractivity contribution in [1.29, 1.82) is 0 Å². The highest BCUT2D eigenvalue weighted by Gasteiger charge is 2.12. The molecule has 1 aromatic rings. The number of nitrogens with zero attached hydrogens (tertiary/aromatic N) is 1. The summed E-state index contributed by atoms with van der Waals surface area (Å²) in [5, 5.41) is 9.00. The second-order valence-electron chi connectivity index (χ2n) is 3.22.